The molecule has 3 unspecified atom stereocenters. The van der Waals surface area contributed by atoms with Crippen LogP contribution in [-0.4, -0.2) is 81.6 Å². The van der Waals surface area contributed by atoms with Gasteiger partial charge in [0, 0.05) is 24.5 Å². The third-order valence-electron chi connectivity index (χ3n) is 11.7. The molecule has 2 aromatic carbocycles. The van der Waals surface area contributed by atoms with Crippen molar-refractivity contribution in [3.8, 4) is 11.5 Å². The number of H-pyrrole nitrogens is 1. The Morgan fingerprint density at radius 2 is 1.69 bits per heavy atom. The fourth-order valence-electron chi connectivity index (χ4n) is 8.94. The molecule has 4 aliphatic rings. The average Bonchev–Trinajstić information content (AvgIpc) is 3.15. The van der Waals surface area contributed by atoms with E-state index < -0.39 is 12.2 Å². The molecule has 0 radical (unpaired) electrons. The highest BCUT2D eigenvalue weighted by Gasteiger charge is 2.44. The second-order valence-corrected chi connectivity index (χ2v) is 15.1. The molecule has 0 spiro atoms. The van der Waals surface area contributed by atoms with E-state index >= 15 is 0 Å². The number of unbranched alkanes of at least 4 members (excludes halogenated alkanes) is 6. The van der Waals surface area contributed by atoms with Crippen LogP contribution in [0.25, 0.3) is 10.9 Å². The number of aromatic hydroxyl groups is 1. The molecule has 1 aromatic heterocycles. The van der Waals surface area contributed by atoms with Gasteiger partial charge in [-0.05, 0) is 105 Å². The molecule has 4 heterocycles. The van der Waals surface area contributed by atoms with Gasteiger partial charge in [-0.3, -0.25) is 9.69 Å². The molecule has 2 bridgehead atoms. The summed E-state index contributed by atoms with van der Waals surface area (Å²) in [5, 5.41) is 35.4. The maximum atomic E-state index is 13.0. The lowest BCUT2D eigenvalue weighted by Gasteiger charge is -2.51. The van der Waals surface area contributed by atoms with Crippen LogP contribution in [0.1, 0.15) is 113 Å². The number of nitrogens with zero attached hydrogens (tertiary/aromatic N) is 2. The summed E-state index contributed by atoms with van der Waals surface area (Å²) in [6.07, 6.45) is 14.3. The molecule has 278 valence electrons. The number of carbonyl (C=O) groups is 1. The maximum Gasteiger partial charge on any atom is 0.408 e. The Labute approximate surface area is 302 Å². The number of amides is 1. The largest absolute Gasteiger partial charge is 0.506 e. The lowest BCUT2D eigenvalue weighted by atomic mass is 9.77. The monoisotopic (exact) mass is 702 g/mol. The van der Waals surface area contributed by atoms with Gasteiger partial charge < -0.3 is 35.3 Å². The van der Waals surface area contributed by atoms with E-state index in [9.17, 15) is 24.9 Å². The van der Waals surface area contributed by atoms with Gasteiger partial charge in [0.25, 0.3) is 0 Å². The second-order valence-electron chi connectivity index (χ2n) is 15.1. The van der Waals surface area contributed by atoms with E-state index in [1.54, 1.807) is 12.1 Å². The zero-order chi connectivity index (χ0) is 35.6. The number of fused-ring (bicyclic) bond motifs is 4. The molecular formula is C41H58N4O6. The first kappa shape index (κ1) is 37.2. The first-order valence-corrected chi connectivity index (χ1v) is 19.6. The average molecular weight is 703 g/mol. The number of aliphatic hydroxyl groups excluding tert-OH is 1. The third-order valence-corrected chi connectivity index (χ3v) is 11.7. The first-order valence-electron chi connectivity index (χ1n) is 19.6. The number of hydrogen-bond donors (Lipinski definition) is 5. The smallest absolute Gasteiger partial charge is 0.408 e. The Kier molecular flexibility index (Phi) is 13.3. The minimum Gasteiger partial charge on any atom is -0.506 e. The van der Waals surface area contributed by atoms with Gasteiger partial charge in [-0.2, -0.15) is 0 Å². The summed E-state index contributed by atoms with van der Waals surface area (Å²) in [6, 6.07) is 14.5. The van der Waals surface area contributed by atoms with Crippen molar-refractivity contribution in [3.05, 3.63) is 70.0 Å². The fourth-order valence-corrected chi connectivity index (χ4v) is 8.94. The molecule has 7 rings (SSSR count). The summed E-state index contributed by atoms with van der Waals surface area (Å²) in [5.74, 6) is 1.65. The number of aromatic nitrogens is 1. The SMILES string of the molecule is O=C(O)N(C1CN2CCC1CC2)C(c1cccc(OCCCCCCCCCNCC(O)c2ccc(O)c3[nH]c(=O)ccc23)c1)C1CCCCC1. The number of piperidine rings is 3. The number of hydrogen-bond acceptors (Lipinski definition) is 7. The van der Waals surface area contributed by atoms with Crippen LogP contribution in [0.2, 0.25) is 0 Å². The van der Waals surface area contributed by atoms with Crippen LogP contribution in [0.3, 0.4) is 0 Å². The van der Waals surface area contributed by atoms with Gasteiger partial charge in [0.15, 0.2) is 0 Å². The molecule has 51 heavy (non-hydrogen) atoms. The molecule has 1 amide bonds. The minimum atomic E-state index is -0.773. The number of nitrogens with one attached hydrogen (secondary N) is 2. The standard InChI is InChI=1S/C41H58N4O6/c46-36-18-16-33(34-17-19-38(48)43-39(34)36)37(47)27-42-22-9-4-2-1-3-5-10-25-51-32-15-11-14-31(26-32)40(30-12-7-6-8-13-30)45(41(49)50)35-28-44-23-20-29(35)21-24-44/h11,14-19,26,29-30,35,37,40,42,46-47H,1-10,12-13,20-25,27-28H2,(H,43,48)(H,49,50). The minimum absolute atomic E-state index is 0.00679. The molecule has 3 aliphatic heterocycles. The van der Waals surface area contributed by atoms with Crippen LogP contribution in [0.5, 0.6) is 11.5 Å². The predicted octanol–water partition coefficient (Wildman–Crippen LogP) is 7.36. The highest BCUT2D eigenvalue weighted by Crippen LogP contribution is 2.43. The molecule has 10 heteroatoms. The molecule has 4 fully saturated rings. The Hall–Kier alpha value is -3.60. The highest BCUT2D eigenvalue weighted by atomic mass is 16.5. The van der Waals surface area contributed by atoms with E-state index in [-0.39, 0.29) is 23.4 Å². The van der Waals surface area contributed by atoms with Gasteiger partial charge >= 0.3 is 6.09 Å². The predicted molar refractivity (Wildman–Crippen MR) is 200 cm³/mol. The van der Waals surface area contributed by atoms with Crippen molar-refractivity contribution >= 4 is 17.0 Å². The molecule has 1 saturated carbocycles. The first-order chi connectivity index (χ1) is 24.9. The van der Waals surface area contributed by atoms with Crippen molar-refractivity contribution in [2.45, 2.75) is 108 Å². The summed E-state index contributed by atoms with van der Waals surface area (Å²) < 4.78 is 6.25. The number of pyridine rings is 1. The van der Waals surface area contributed by atoms with Crippen molar-refractivity contribution in [1.82, 2.24) is 20.1 Å². The zero-order valence-corrected chi connectivity index (χ0v) is 30.1. The number of ether oxygens (including phenoxy) is 1. The summed E-state index contributed by atoms with van der Waals surface area (Å²) in [4.78, 5) is 31.6. The van der Waals surface area contributed by atoms with Crippen LogP contribution < -0.4 is 15.6 Å². The Bertz CT molecular complexity index is 1620. The van der Waals surface area contributed by atoms with Crippen molar-refractivity contribution in [1.29, 1.82) is 0 Å². The zero-order valence-electron chi connectivity index (χ0n) is 30.1. The number of aromatic amines is 1. The maximum absolute atomic E-state index is 13.0. The summed E-state index contributed by atoms with van der Waals surface area (Å²) in [5.41, 5.74) is 1.83. The van der Waals surface area contributed by atoms with Crippen LogP contribution in [0.15, 0.2) is 53.3 Å². The number of rotatable bonds is 18. The van der Waals surface area contributed by atoms with Crippen molar-refractivity contribution in [3.63, 3.8) is 0 Å². The van der Waals surface area contributed by atoms with Gasteiger partial charge in [0.2, 0.25) is 5.56 Å². The highest BCUT2D eigenvalue weighted by molar-refractivity contribution is 5.87. The topological polar surface area (TPSA) is 138 Å². The van der Waals surface area contributed by atoms with E-state index in [2.05, 4.69) is 27.3 Å². The van der Waals surface area contributed by atoms with E-state index in [1.165, 1.54) is 50.7 Å². The van der Waals surface area contributed by atoms with Crippen LogP contribution in [-0.2, 0) is 0 Å². The Morgan fingerprint density at radius 3 is 2.41 bits per heavy atom. The third kappa shape index (κ3) is 9.64. The molecule has 10 nitrogen and oxygen atoms in total. The lowest BCUT2D eigenvalue weighted by Crippen LogP contribution is -2.60. The van der Waals surface area contributed by atoms with Crippen molar-refractivity contribution in [2.24, 2.45) is 11.8 Å². The number of phenolic OH excluding ortho intramolecular Hbond substituents is 1. The molecule has 3 saturated heterocycles. The van der Waals surface area contributed by atoms with Crippen molar-refractivity contribution < 1.29 is 24.9 Å². The lowest BCUT2D eigenvalue weighted by molar-refractivity contribution is -0.0215. The van der Waals surface area contributed by atoms with Gasteiger partial charge in [-0.15, -0.1) is 0 Å². The van der Waals surface area contributed by atoms with E-state index in [1.807, 2.05) is 17.0 Å². The van der Waals surface area contributed by atoms with E-state index in [0.717, 1.165) is 88.9 Å². The summed E-state index contributed by atoms with van der Waals surface area (Å²) >= 11 is 0. The van der Waals surface area contributed by atoms with Crippen molar-refractivity contribution in [2.75, 3.05) is 39.3 Å². The van der Waals surface area contributed by atoms with Gasteiger partial charge in [-0.25, -0.2) is 4.79 Å². The fraction of sp³-hybridized carbons (Fsp3) is 0.610. The van der Waals surface area contributed by atoms with Gasteiger partial charge in [0.1, 0.15) is 11.5 Å². The second kappa shape index (κ2) is 18.2. The summed E-state index contributed by atoms with van der Waals surface area (Å²) in [6.45, 7) is 4.96. The van der Waals surface area contributed by atoms with E-state index in [4.69, 9.17) is 4.74 Å². The molecule has 3 atom stereocenters. The molecule has 3 aromatic rings. The van der Waals surface area contributed by atoms with Crippen LogP contribution in [0, 0.1) is 11.8 Å². The number of aliphatic hydroxyl groups is 1. The number of benzene rings is 2. The Morgan fingerprint density at radius 1 is 0.941 bits per heavy atom. The van der Waals surface area contributed by atoms with Gasteiger partial charge in [0.05, 0.1) is 30.3 Å². The molecular weight excluding hydrogens is 644 g/mol. The Balaban J connectivity index is 0.893. The molecule has 5 N–H and O–H groups in total. The quantitative estimate of drug-likeness (QED) is 0.0868. The normalized spacial score (nSPS) is 21.8. The summed E-state index contributed by atoms with van der Waals surface area (Å²) in [7, 11) is 0. The van der Waals surface area contributed by atoms with Crippen LogP contribution in [0.4, 0.5) is 4.79 Å². The number of carboxylic acid groups (broad SMARTS) is 1. The van der Waals surface area contributed by atoms with E-state index in [0.29, 0.717) is 41.5 Å². The van der Waals surface area contributed by atoms with Gasteiger partial charge in [-0.1, -0.05) is 69.6 Å². The van der Waals surface area contributed by atoms with Crippen LogP contribution >= 0.6 is 0 Å². The number of phenols is 1. The molecule has 1 aliphatic carbocycles.